The van der Waals surface area contributed by atoms with Crippen LogP contribution in [0.4, 0.5) is 4.39 Å². The maximum Gasteiger partial charge on any atom is 0.311 e. The molecular weight excluding hydrogens is 479 g/mol. The van der Waals surface area contributed by atoms with Gasteiger partial charge in [0, 0.05) is 21.5 Å². The zero-order valence-corrected chi connectivity index (χ0v) is 19.3. The van der Waals surface area contributed by atoms with Crippen molar-refractivity contribution >= 4 is 34.8 Å². The average Bonchev–Trinajstić information content (AvgIpc) is 3.54. The number of aromatic amines is 1. The largest absolute Gasteiger partial charge is 0.481 e. The van der Waals surface area contributed by atoms with E-state index < -0.39 is 23.8 Å². The molecule has 174 valence electrons. The molecule has 4 aromatic rings. The van der Waals surface area contributed by atoms with Crippen molar-refractivity contribution in [3.8, 4) is 11.1 Å². The molecule has 34 heavy (non-hydrogen) atoms. The van der Waals surface area contributed by atoms with Gasteiger partial charge in [-0.15, -0.1) is 16.4 Å². The number of nitrogens with one attached hydrogen (secondary N) is 2. The third kappa shape index (κ3) is 5.67. The van der Waals surface area contributed by atoms with Crippen molar-refractivity contribution < 1.29 is 19.1 Å². The lowest BCUT2D eigenvalue weighted by Crippen LogP contribution is -2.38. The van der Waals surface area contributed by atoms with Gasteiger partial charge in [-0.3, -0.25) is 14.7 Å². The van der Waals surface area contributed by atoms with Crippen LogP contribution >= 0.6 is 22.9 Å². The predicted octanol–water partition coefficient (Wildman–Crippen LogP) is 4.93. The molecule has 0 radical (unpaired) electrons. The molecule has 4 rings (SSSR count). The van der Waals surface area contributed by atoms with E-state index in [-0.39, 0.29) is 17.9 Å². The van der Waals surface area contributed by atoms with E-state index in [1.807, 2.05) is 17.5 Å². The summed E-state index contributed by atoms with van der Waals surface area (Å²) in [5.41, 5.74) is 2.09. The number of carboxylic acid groups (broad SMARTS) is 1. The van der Waals surface area contributed by atoms with Crippen molar-refractivity contribution in [3.05, 3.63) is 93.1 Å². The second-order valence-corrected chi connectivity index (χ2v) is 9.12. The topological polar surface area (TPSA) is 108 Å². The zero-order chi connectivity index (χ0) is 24.1. The summed E-state index contributed by atoms with van der Waals surface area (Å²) in [5, 5.41) is 24.6. The smallest absolute Gasteiger partial charge is 0.311 e. The van der Waals surface area contributed by atoms with E-state index in [0.717, 1.165) is 5.56 Å². The zero-order valence-electron chi connectivity index (χ0n) is 17.7. The molecule has 7 nitrogen and oxygen atoms in total. The Morgan fingerprint density at radius 3 is 2.62 bits per heavy atom. The first kappa shape index (κ1) is 23.6. The van der Waals surface area contributed by atoms with Crippen LogP contribution in [0.5, 0.6) is 0 Å². The predicted molar refractivity (Wildman–Crippen MR) is 127 cm³/mol. The van der Waals surface area contributed by atoms with Crippen LogP contribution in [-0.2, 0) is 11.2 Å². The van der Waals surface area contributed by atoms with Gasteiger partial charge in [-0.05, 0) is 53.6 Å². The Morgan fingerprint density at radius 2 is 1.97 bits per heavy atom. The van der Waals surface area contributed by atoms with Gasteiger partial charge in [0.15, 0.2) is 0 Å². The van der Waals surface area contributed by atoms with Crippen molar-refractivity contribution in [1.82, 2.24) is 20.7 Å². The van der Waals surface area contributed by atoms with E-state index in [9.17, 15) is 19.1 Å². The lowest BCUT2D eigenvalue weighted by molar-refractivity contribution is -0.139. The van der Waals surface area contributed by atoms with Gasteiger partial charge < -0.3 is 10.4 Å². The van der Waals surface area contributed by atoms with E-state index in [1.54, 1.807) is 30.3 Å². The molecule has 0 fully saturated rings. The number of carbonyl (C=O) groups is 2. The number of hydrogen-bond acceptors (Lipinski definition) is 5. The molecule has 0 saturated carbocycles. The second kappa shape index (κ2) is 10.6. The number of aromatic nitrogens is 3. The first-order valence-corrected chi connectivity index (χ1v) is 11.6. The molecule has 0 saturated heterocycles. The number of aliphatic carboxylic acids is 1. The Hall–Kier alpha value is -3.56. The SMILES string of the molecule is O=C(N[C@H](Cc1ccc(-c2cc(Cl)ccc2F)cc1)CC(C(=O)O)c1cccs1)c1cnn[nH]1. The summed E-state index contributed by atoms with van der Waals surface area (Å²) in [6.07, 6.45) is 1.86. The third-order valence-corrected chi connectivity index (χ3v) is 6.60. The third-order valence-electron chi connectivity index (χ3n) is 5.38. The maximum atomic E-state index is 14.2. The second-order valence-electron chi connectivity index (χ2n) is 7.71. The molecule has 2 heterocycles. The number of nitrogens with zero attached hydrogens (tertiary/aromatic N) is 2. The van der Waals surface area contributed by atoms with Gasteiger partial charge in [0.25, 0.3) is 5.91 Å². The highest BCUT2D eigenvalue weighted by atomic mass is 35.5. The van der Waals surface area contributed by atoms with Crippen molar-refractivity contribution in [2.24, 2.45) is 0 Å². The van der Waals surface area contributed by atoms with Gasteiger partial charge in [0.05, 0.1) is 12.1 Å². The summed E-state index contributed by atoms with van der Waals surface area (Å²) < 4.78 is 14.2. The van der Waals surface area contributed by atoms with Gasteiger partial charge in [-0.2, -0.15) is 0 Å². The fourth-order valence-corrected chi connectivity index (χ4v) is 4.71. The summed E-state index contributed by atoms with van der Waals surface area (Å²) in [4.78, 5) is 25.3. The number of H-pyrrole nitrogens is 1. The molecule has 3 N–H and O–H groups in total. The molecule has 0 spiro atoms. The van der Waals surface area contributed by atoms with Crippen molar-refractivity contribution in [2.75, 3.05) is 0 Å². The summed E-state index contributed by atoms with van der Waals surface area (Å²) in [6, 6.07) is 14.6. The average molecular weight is 499 g/mol. The highest BCUT2D eigenvalue weighted by molar-refractivity contribution is 7.10. The number of carbonyl (C=O) groups excluding carboxylic acids is 1. The first-order chi connectivity index (χ1) is 16.4. The number of carboxylic acids is 1. The van der Waals surface area contributed by atoms with Crippen LogP contribution in [0.25, 0.3) is 11.1 Å². The Bertz CT molecular complexity index is 1260. The fourth-order valence-electron chi connectivity index (χ4n) is 3.70. The standard InChI is InChI=1S/C24H20ClFN4O3S/c25-16-7-8-20(26)18(11-16)15-5-3-14(4-6-15)10-17(28-23(31)21-13-27-30-29-21)12-19(24(32)33)22-2-1-9-34-22/h1-9,11,13,17,19H,10,12H2,(H,28,31)(H,32,33)(H,27,29,30)/t17-,19?/m1/s1. The van der Waals surface area contributed by atoms with E-state index in [0.29, 0.717) is 27.4 Å². The quantitative estimate of drug-likeness (QED) is 0.303. The minimum Gasteiger partial charge on any atom is -0.481 e. The highest BCUT2D eigenvalue weighted by Gasteiger charge is 2.27. The van der Waals surface area contributed by atoms with Crippen molar-refractivity contribution in [2.45, 2.75) is 24.8 Å². The Labute approximate surface area is 203 Å². The normalized spacial score (nSPS) is 12.8. The van der Waals surface area contributed by atoms with Crippen LogP contribution in [0.15, 0.2) is 66.2 Å². The van der Waals surface area contributed by atoms with E-state index >= 15 is 0 Å². The Balaban J connectivity index is 1.56. The lowest BCUT2D eigenvalue weighted by Gasteiger charge is -2.22. The highest BCUT2D eigenvalue weighted by Crippen LogP contribution is 2.29. The molecule has 0 aliphatic heterocycles. The molecule has 0 bridgehead atoms. The molecule has 10 heteroatoms. The number of halogens is 2. The molecule has 1 unspecified atom stereocenters. The summed E-state index contributed by atoms with van der Waals surface area (Å²) in [5.74, 6) is -2.54. The van der Waals surface area contributed by atoms with Crippen molar-refractivity contribution in [1.29, 1.82) is 0 Å². The molecule has 2 atom stereocenters. The molecular formula is C24H20ClFN4O3S. The number of benzene rings is 2. The molecule has 0 aliphatic carbocycles. The Morgan fingerprint density at radius 1 is 1.18 bits per heavy atom. The number of thiophene rings is 1. The van der Waals surface area contributed by atoms with Crippen LogP contribution < -0.4 is 5.32 Å². The maximum absolute atomic E-state index is 14.2. The summed E-state index contributed by atoms with van der Waals surface area (Å²) in [7, 11) is 0. The van der Waals surface area contributed by atoms with Crippen molar-refractivity contribution in [3.63, 3.8) is 0 Å². The minimum absolute atomic E-state index is 0.180. The van der Waals surface area contributed by atoms with E-state index in [4.69, 9.17) is 11.6 Å². The van der Waals surface area contributed by atoms with Gasteiger partial charge in [-0.25, -0.2) is 4.39 Å². The number of hydrogen-bond donors (Lipinski definition) is 3. The van der Waals surface area contributed by atoms with Gasteiger partial charge >= 0.3 is 5.97 Å². The van der Waals surface area contributed by atoms with Crippen LogP contribution in [0.2, 0.25) is 5.02 Å². The number of amides is 1. The minimum atomic E-state index is -0.961. The Kier molecular flexibility index (Phi) is 7.34. The fraction of sp³-hybridized carbons (Fsp3) is 0.167. The number of rotatable bonds is 9. The molecule has 2 aromatic heterocycles. The van der Waals surface area contributed by atoms with Crippen LogP contribution in [0.1, 0.15) is 33.3 Å². The van der Waals surface area contributed by atoms with Crippen LogP contribution in [-0.4, -0.2) is 38.4 Å². The van der Waals surface area contributed by atoms with Gasteiger partial charge in [0.1, 0.15) is 11.5 Å². The monoisotopic (exact) mass is 498 g/mol. The van der Waals surface area contributed by atoms with Crippen LogP contribution in [0.3, 0.4) is 0 Å². The van der Waals surface area contributed by atoms with Gasteiger partial charge in [0.2, 0.25) is 0 Å². The molecule has 2 aromatic carbocycles. The first-order valence-electron chi connectivity index (χ1n) is 10.4. The molecule has 1 amide bonds. The summed E-state index contributed by atoms with van der Waals surface area (Å²) in [6.45, 7) is 0. The van der Waals surface area contributed by atoms with E-state index in [2.05, 4.69) is 20.7 Å². The molecule has 0 aliphatic rings. The summed E-state index contributed by atoms with van der Waals surface area (Å²) >= 11 is 7.37. The van der Waals surface area contributed by atoms with Crippen LogP contribution in [0, 0.1) is 5.82 Å². The van der Waals surface area contributed by atoms with Gasteiger partial charge in [-0.1, -0.05) is 47.1 Å². The van der Waals surface area contributed by atoms with E-state index in [1.165, 1.54) is 29.7 Å². The lowest BCUT2D eigenvalue weighted by atomic mass is 9.93.